The fourth-order valence-electron chi connectivity index (χ4n) is 1.14. The van der Waals surface area contributed by atoms with Crippen LogP contribution in [-0.2, 0) is 0 Å². The Bertz CT molecular complexity index is 537. The normalized spacial score (nSPS) is 10.1. The molecule has 3 N–H and O–H groups in total. The summed E-state index contributed by atoms with van der Waals surface area (Å²) in [4.78, 5) is 7.74. The van der Waals surface area contributed by atoms with E-state index >= 15 is 0 Å². The summed E-state index contributed by atoms with van der Waals surface area (Å²) >= 11 is 5.80. The molecule has 2 aromatic rings. The van der Waals surface area contributed by atoms with Gasteiger partial charge in [-0.1, -0.05) is 11.6 Å². The van der Waals surface area contributed by atoms with Crippen molar-refractivity contribution in [3.05, 3.63) is 41.3 Å². The number of nitrogen functional groups attached to an aromatic ring is 1. The standard InChI is InChI=1S/C10H8ClFN4O/c11-7-5-6(12)1-2-8(7)17-9-3-4-14-10(15-9)16-13/h1-5H,13H2,(H,14,15,16). The maximum Gasteiger partial charge on any atom is 0.240 e. The zero-order valence-electron chi connectivity index (χ0n) is 8.52. The third kappa shape index (κ3) is 2.80. The van der Waals surface area contributed by atoms with Gasteiger partial charge in [0.05, 0.1) is 5.02 Å². The molecule has 0 aliphatic heterocycles. The van der Waals surface area contributed by atoms with Gasteiger partial charge >= 0.3 is 0 Å². The number of benzene rings is 1. The summed E-state index contributed by atoms with van der Waals surface area (Å²) in [7, 11) is 0. The van der Waals surface area contributed by atoms with Crippen molar-refractivity contribution in [2.45, 2.75) is 0 Å². The van der Waals surface area contributed by atoms with Crippen molar-refractivity contribution >= 4 is 17.5 Å². The molecule has 88 valence electrons. The molecular weight excluding hydrogens is 247 g/mol. The molecule has 0 saturated heterocycles. The summed E-state index contributed by atoms with van der Waals surface area (Å²) in [6, 6.07) is 5.33. The number of hydrazine groups is 1. The van der Waals surface area contributed by atoms with Crippen molar-refractivity contribution in [2.24, 2.45) is 5.84 Å². The van der Waals surface area contributed by atoms with Crippen LogP contribution in [0.15, 0.2) is 30.5 Å². The number of hydrogen-bond donors (Lipinski definition) is 2. The molecule has 0 unspecified atom stereocenters. The van der Waals surface area contributed by atoms with Crippen LogP contribution in [0.4, 0.5) is 10.3 Å². The Morgan fingerprint density at radius 3 is 2.88 bits per heavy atom. The lowest BCUT2D eigenvalue weighted by Crippen LogP contribution is -2.10. The topological polar surface area (TPSA) is 73.1 Å². The molecule has 0 spiro atoms. The molecule has 2 rings (SSSR count). The fraction of sp³-hybridized carbons (Fsp3) is 0. The number of aromatic nitrogens is 2. The lowest BCUT2D eigenvalue weighted by molar-refractivity contribution is 0.461. The highest BCUT2D eigenvalue weighted by Gasteiger charge is 2.06. The lowest BCUT2D eigenvalue weighted by atomic mass is 10.3. The third-order valence-corrected chi connectivity index (χ3v) is 2.16. The molecule has 1 heterocycles. The van der Waals surface area contributed by atoms with Gasteiger partial charge < -0.3 is 4.74 Å². The van der Waals surface area contributed by atoms with E-state index in [4.69, 9.17) is 22.2 Å². The molecule has 0 aliphatic carbocycles. The lowest BCUT2D eigenvalue weighted by Gasteiger charge is -2.07. The minimum atomic E-state index is -0.436. The fourth-order valence-corrected chi connectivity index (χ4v) is 1.34. The first-order valence-corrected chi connectivity index (χ1v) is 4.99. The molecule has 0 aliphatic rings. The molecule has 5 nitrogen and oxygen atoms in total. The molecule has 0 bridgehead atoms. The van der Waals surface area contributed by atoms with Gasteiger partial charge in [0.1, 0.15) is 11.6 Å². The van der Waals surface area contributed by atoms with Gasteiger partial charge in [0.25, 0.3) is 0 Å². The number of nitrogens with zero attached hydrogens (tertiary/aromatic N) is 2. The van der Waals surface area contributed by atoms with Gasteiger partial charge in [0.15, 0.2) is 0 Å². The average Bonchev–Trinajstić information content (AvgIpc) is 2.33. The molecule has 1 aromatic carbocycles. The van der Waals surface area contributed by atoms with E-state index in [1.807, 2.05) is 0 Å². The van der Waals surface area contributed by atoms with E-state index in [0.29, 0.717) is 5.75 Å². The van der Waals surface area contributed by atoms with Crippen molar-refractivity contribution in [1.82, 2.24) is 9.97 Å². The van der Waals surface area contributed by atoms with Crippen LogP contribution < -0.4 is 16.0 Å². The van der Waals surface area contributed by atoms with E-state index in [1.165, 1.54) is 24.4 Å². The zero-order chi connectivity index (χ0) is 12.3. The van der Waals surface area contributed by atoms with Gasteiger partial charge in [0, 0.05) is 12.3 Å². The van der Waals surface area contributed by atoms with Crippen LogP contribution in [0.25, 0.3) is 0 Å². The summed E-state index contributed by atoms with van der Waals surface area (Å²) in [5, 5.41) is 0.158. The summed E-state index contributed by atoms with van der Waals surface area (Å²) in [5.41, 5.74) is 2.28. The van der Waals surface area contributed by atoms with Gasteiger partial charge in [0.2, 0.25) is 11.8 Å². The third-order valence-electron chi connectivity index (χ3n) is 1.87. The van der Waals surface area contributed by atoms with Crippen LogP contribution >= 0.6 is 11.6 Å². The highest BCUT2D eigenvalue weighted by atomic mass is 35.5. The summed E-state index contributed by atoms with van der Waals surface area (Å²) in [5.74, 6) is 5.48. The Kier molecular flexibility index (Phi) is 3.36. The van der Waals surface area contributed by atoms with Crippen molar-refractivity contribution < 1.29 is 9.13 Å². The molecule has 0 amide bonds. The number of nitrogens with two attached hydrogens (primary N) is 1. The van der Waals surface area contributed by atoms with Crippen molar-refractivity contribution in [2.75, 3.05) is 5.43 Å². The number of ether oxygens (including phenoxy) is 1. The van der Waals surface area contributed by atoms with E-state index in [9.17, 15) is 4.39 Å². The first-order chi connectivity index (χ1) is 8.19. The van der Waals surface area contributed by atoms with Crippen LogP contribution in [0.3, 0.4) is 0 Å². The van der Waals surface area contributed by atoms with Crippen LogP contribution in [0.2, 0.25) is 5.02 Å². The number of hydrogen-bond acceptors (Lipinski definition) is 5. The smallest absolute Gasteiger partial charge is 0.240 e. The molecule has 1 aromatic heterocycles. The zero-order valence-corrected chi connectivity index (χ0v) is 9.28. The number of anilines is 1. The minimum Gasteiger partial charge on any atom is -0.437 e. The molecule has 0 fully saturated rings. The van der Waals surface area contributed by atoms with E-state index in [1.54, 1.807) is 0 Å². The van der Waals surface area contributed by atoms with Crippen LogP contribution in [0, 0.1) is 5.82 Å². The largest absolute Gasteiger partial charge is 0.437 e. The number of nitrogens with one attached hydrogen (secondary N) is 1. The number of rotatable bonds is 3. The molecule has 0 atom stereocenters. The summed E-state index contributed by atoms with van der Waals surface area (Å²) in [6.45, 7) is 0. The Balaban J connectivity index is 2.25. The molecular formula is C10H8ClFN4O. The van der Waals surface area contributed by atoms with Crippen LogP contribution in [-0.4, -0.2) is 9.97 Å². The van der Waals surface area contributed by atoms with Crippen LogP contribution in [0.1, 0.15) is 0 Å². The Labute approximate surface area is 101 Å². The predicted molar refractivity (Wildman–Crippen MR) is 61.3 cm³/mol. The molecule has 17 heavy (non-hydrogen) atoms. The van der Waals surface area contributed by atoms with Gasteiger partial charge in [-0.3, -0.25) is 5.43 Å². The van der Waals surface area contributed by atoms with E-state index in [-0.39, 0.29) is 16.9 Å². The van der Waals surface area contributed by atoms with Gasteiger partial charge in [-0.25, -0.2) is 15.2 Å². The first kappa shape index (κ1) is 11.6. The maximum atomic E-state index is 12.8. The summed E-state index contributed by atoms with van der Waals surface area (Å²) in [6.07, 6.45) is 1.47. The molecule has 7 heteroatoms. The molecule has 0 saturated carbocycles. The number of halogens is 2. The maximum absolute atomic E-state index is 12.8. The van der Waals surface area contributed by atoms with Gasteiger partial charge in [-0.2, -0.15) is 4.98 Å². The second-order valence-electron chi connectivity index (χ2n) is 3.04. The Hall–Kier alpha value is -1.92. The Morgan fingerprint density at radius 1 is 1.35 bits per heavy atom. The quantitative estimate of drug-likeness (QED) is 0.650. The highest BCUT2D eigenvalue weighted by molar-refractivity contribution is 6.32. The van der Waals surface area contributed by atoms with Gasteiger partial charge in [-0.15, -0.1) is 0 Å². The first-order valence-electron chi connectivity index (χ1n) is 4.61. The van der Waals surface area contributed by atoms with E-state index < -0.39 is 5.82 Å². The monoisotopic (exact) mass is 254 g/mol. The van der Waals surface area contributed by atoms with E-state index in [0.717, 1.165) is 6.07 Å². The highest BCUT2D eigenvalue weighted by Crippen LogP contribution is 2.28. The average molecular weight is 255 g/mol. The second kappa shape index (κ2) is 4.94. The van der Waals surface area contributed by atoms with Gasteiger partial charge in [-0.05, 0) is 18.2 Å². The van der Waals surface area contributed by atoms with Crippen molar-refractivity contribution in [3.63, 3.8) is 0 Å². The SMILES string of the molecule is NNc1nccc(Oc2ccc(F)cc2Cl)n1. The summed E-state index contributed by atoms with van der Waals surface area (Å²) < 4.78 is 18.2. The van der Waals surface area contributed by atoms with E-state index in [2.05, 4.69) is 15.4 Å². The Morgan fingerprint density at radius 2 is 2.18 bits per heavy atom. The second-order valence-corrected chi connectivity index (χ2v) is 3.45. The predicted octanol–water partition coefficient (Wildman–Crippen LogP) is 2.35. The van der Waals surface area contributed by atoms with Crippen LogP contribution in [0.5, 0.6) is 11.6 Å². The van der Waals surface area contributed by atoms with Crippen molar-refractivity contribution in [3.8, 4) is 11.6 Å². The minimum absolute atomic E-state index is 0.158. The van der Waals surface area contributed by atoms with Crippen molar-refractivity contribution in [1.29, 1.82) is 0 Å². The molecule has 0 radical (unpaired) electrons.